The summed E-state index contributed by atoms with van der Waals surface area (Å²) in [5, 5.41) is 8.84. The quantitative estimate of drug-likeness (QED) is 0.694. The van der Waals surface area contributed by atoms with Crippen molar-refractivity contribution in [3.63, 3.8) is 0 Å². The zero-order valence-corrected chi connectivity index (χ0v) is 18.9. The first-order valence-electron chi connectivity index (χ1n) is 11.3. The van der Waals surface area contributed by atoms with Crippen molar-refractivity contribution in [1.29, 1.82) is 0 Å². The maximum absolute atomic E-state index is 10.7. The average molecular weight is 424 g/mol. The monoisotopic (exact) mass is 423 g/mol. The number of likely N-dealkylation sites (tertiary alicyclic amines) is 1. The predicted octanol–water partition coefficient (Wildman–Crippen LogP) is 4.78. The fraction of sp³-hybridized carbons (Fsp3) is 0.500. The van der Waals surface area contributed by atoms with E-state index in [1.807, 2.05) is 6.07 Å². The molecule has 0 bridgehead atoms. The van der Waals surface area contributed by atoms with E-state index < -0.39 is 5.97 Å². The average Bonchev–Trinajstić information content (AvgIpc) is 3.06. The molecule has 2 heterocycles. The number of aryl methyl sites for hydroxylation is 3. The number of hydrogen-bond acceptors (Lipinski definition) is 4. The summed E-state index contributed by atoms with van der Waals surface area (Å²) < 4.78 is 12.3. The minimum absolute atomic E-state index is 0.0846. The number of carbonyl (C=O) groups is 1. The van der Waals surface area contributed by atoms with E-state index in [-0.39, 0.29) is 11.8 Å². The molecule has 2 aromatic rings. The summed E-state index contributed by atoms with van der Waals surface area (Å²) in [6, 6.07) is 10.7. The first kappa shape index (κ1) is 21.7. The van der Waals surface area contributed by atoms with Crippen molar-refractivity contribution in [2.45, 2.75) is 58.5 Å². The van der Waals surface area contributed by atoms with Crippen molar-refractivity contribution in [2.75, 3.05) is 26.2 Å². The van der Waals surface area contributed by atoms with Gasteiger partial charge in [-0.2, -0.15) is 0 Å². The van der Waals surface area contributed by atoms with E-state index in [2.05, 4.69) is 49.9 Å². The predicted molar refractivity (Wildman–Crippen MR) is 121 cm³/mol. The third-order valence-corrected chi connectivity index (χ3v) is 6.93. The van der Waals surface area contributed by atoms with Gasteiger partial charge in [-0.1, -0.05) is 23.8 Å². The van der Waals surface area contributed by atoms with Gasteiger partial charge in [0.05, 0.1) is 6.61 Å². The zero-order chi connectivity index (χ0) is 22.0. The molecule has 2 aromatic carbocycles. The second-order valence-electron chi connectivity index (χ2n) is 9.23. The van der Waals surface area contributed by atoms with E-state index in [0.29, 0.717) is 6.61 Å². The van der Waals surface area contributed by atoms with Crippen LogP contribution in [0.2, 0.25) is 0 Å². The highest BCUT2D eigenvalue weighted by atomic mass is 16.5. The normalized spacial score (nSPS) is 17.4. The Morgan fingerprint density at radius 1 is 1.13 bits per heavy atom. The van der Waals surface area contributed by atoms with Crippen LogP contribution in [-0.2, 0) is 16.8 Å². The van der Waals surface area contributed by atoms with Crippen LogP contribution in [0.3, 0.4) is 0 Å². The molecule has 0 amide bonds. The van der Waals surface area contributed by atoms with Crippen LogP contribution in [0.5, 0.6) is 11.5 Å². The number of benzene rings is 2. The molecule has 0 saturated carbocycles. The van der Waals surface area contributed by atoms with Crippen LogP contribution in [0, 0.1) is 20.8 Å². The molecule has 0 aliphatic carbocycles. The van der Waals surface area contributed by atoms with Crippen molar-refractivity contribution in [3.8, 4) is 11.5 Å². The molecule has 4 rings (SSSR count). The third kappa shape index (κ3) is 4.72. The van der Waals surface area contributed by atoms with Crippen molar-refractivity contribution < 1.29 is 19.4 Å². The molecule has 2 aliphatic heterocycles. The van der Waals surface area contributed by atoms with Crippen LogP contribution >= 0.6 is 0 Å². The van der Waals surface area contributed by atoms with Crippen LogP contribution < -0.4 is 9.47 Å². The molecule has 166 valence electrons. The Morgan fingerprint density at radius 3 is 2.52 bits per heavy atom. The molecule has 1 fully saturated rings. The maximum Gasteiger partial charge on any atom is 0.303 e. The standard InChI is InChI=1S/C26H33NO4/c1-18-13-19(2)22(20(3)14-18)16-30-21-6-7-23-24(15-21)31-17-26(23)8-11-27(12-9-26)10-4-5-25(28)29/h6-7,13-15H,4-5,8-12,16-17H2,1-3H3,(H,28,29). The lowest BCUT2D eigenvalue weighted by molar-refractivity contribution is -0.137. The molecule has 5 nitrogen and oxygen atoms in total. The van der Waals surface area contributed by atoms with Crippen LogP contribution in [0.15, 0.2) is 30.3 Å². The van der Waals surface area contributed by atoms with Crippen molar-refractivity contribution >= 4 is 5.97 Å². The Labute approximate surface area is 185 Å². The van der Waals surface area contributed by atoms with E-state index in [1.54, 1.807) is 0 Å². The van der Waals surface area contributed by atoms with Gasteiger partial charge in [0.15, 0.2) is 0 Å². The molecule has 0 radical (unpaired) electrons. The van der Waals surface area contributed by atoms with E-state index in [1.165, 1.54) is 27.8 Å². The fourth-order valence-corrected chi connectivity index (χ4v) is 5.11. The van der Waals surface area contributed by atoms with Crippen LogP contribution in [0.25, 0.3) is 0 Å². The highest BCUT2D eigenvalue weighted by Gasteiger charge is 2.43. The smallest absolute Gasteiger partial charge is 0.303 e. The molecule has 1 N–H and O–H groups in total. The Hall–Kier alpha value is -2.53. The number of aliphatic carboxylic acids is 1. The minimum atomic E-state index is -0.711. The Kier molecular flexibility index (Phi) is 6.24. The topological polar surface area (TPSA) is 59.0 Å². The number of carboxylic acid groups (broad SMARTS) is 1. The van der Waals surface area contributed by atoms with Crippen molar-refractivity contribution in [3.05, 3.63) is 58.1 Å². The second kappa shape index (κ2) is 8.91. The number of nitrogens with zero attached hydrogens (tertiary/aromatic N) is 1. The highest BCUT2D eigenvalue weighted by molar-refractivity contribution is 5.66. The van der Waals surface area contributed by atoms with Crippen molar-refractivity contribution in [2.24, 2.45) is 0 Å². The zero-order valence-electron chi connectivity index (χ0n) is 18.9. The Bertz CT molecular complexity index is 937. The summed E-state index contributed by atoms with van der Waals surface area (Å²) in [6.45, 7) is 10.5. The first-order chi connectivity index (χ1) is 14.9. The SMILES string of the molecule is Cc1cc(C)c(COc2ccc3c(c2)OCC32CCN(CCCC(=O)O)CC2)c(C)c1. The highest BCUT2D eigenvalue weighted by Crippen LogP contribution is 2.46. The lowest BCUT2D eigenvalue weighted by atomic mass is 9.74. The molecule has 0 unspecified atom stereocenters. The molecule has 1 saturated heterocycles. The van der Waals surface area contributed by atoms with Gasteiger partial charge in [0, 0.05) is 23.5 Å². The molecule has 1 spiro atoms. The van der Waals surface area contributed by atoms with Gasteiger partial charge in [-0.05, 0) is 82.4 Å². The number of carboxylic acids is 1. The molecule has 2 aliphatic rings. The second-order valence-corrected chi connectivity index (χ2v) is 9.23. The first-order valence-corrected chi connectivity index (χ1v) is 11.3. The van der Waals surface area contributed by atoms with Crippen LogP contribution in [-0.4, -0.2) is 42.2 Å². The van der Waals surface area contributed by atoms with E-state index in [4.69, 9.17) is 14.6 Å². The Morgan fingerprint density at radius 2 is 1.84 bits per heavy atom. The molecular formula is C26H33NO4. The summed E-state index contributed by atoms with van der Waals surface area (Å²) in [5.41, 5.74) is 6.45. The van der Waals surface area contributed by atoms with Gasteiger partial charge in [0.1, 0.15) is 18.1 Å². The number of ether oxygens (including phenoxy) is 2. The van der Waals surface area contributed by atoms with Gasteiger partial charge in [-0.25, -0.2) is 0 Å². The number of rotatable bonds is 7. The van der Waals surface area contributed by atoms with Crippen molar-refractivity contribution in [1.82, 2.24) is 4.90 Å². The van der Waals surface area contributed by atoms with E-state index in [0.717, 1.165) is 57.0 Å². The third-order valence-electron chi connectivity index (χ3n) is 6.93. The number of piperidine rings is 1. The molecule has 0 atom stereocenters. The summed E-state index contributed by atoms with van der Waals surface area (Å²) in [5.74, 6) is 1.09. The van der Waals surface area contributed by atoms with Crippen LogP contribution in [0.1, 0.15) is 53.5 Å². The lowest BCUT2D eigenvalue weighted by Gasteiger charge is -2.38. The van der Waals surface area contributed by atoms with E-state index >= 15 is 0 Å². The number of fused-ring (bicyclic) bond motifs is 2. The van der Waals surface area contributed by atoms with Gasteiger partial charge in [0.2, 0.25) is 0 Å². The van der Waals surface area contributed by atoms with E-state index in [9.17, 15) is 4.79 Å². The van der Waals surface area contributed by atoms with Gasteiger partial charge in [0.25, 0.3) is 0 Å². The van der Waals surface area contributed by atoms with Gasteiger partial charge >= 0.3 is 5.97 Å². The molecular weight excluding hydrogens is 390 g/mol. The lowest BCUT2D eigenvalue weighted by Crippen LogP contribution is -2.43. The summed E-state index contributed by atoms with van der Waals surface area (Å²) >= 11 is 0. The van der Waals surface area contributed by atoms with Crippen LogP contribution in [0.4, 0.5) is 0 Å². The summed E-state index contributed by atoms with van der Waals surface area (Å²) in [7, 11) is 0. The van der Waals surface area contributed by atoms with Gasteiger partial charge in [-0.15, -0.1) is 0 Å². The maximum atomic E-state index is 10.7. The summed E-state index contributed by atoms with van der Waals surface area (Å²) in [4.78, 5) is 13.1. The molecule has 0 aromatic heterocycles. The Balaban J connectivity index is 1.38. The fourth-order valence-electron chi connectivity index (χ4n) is 5.11. The van der Waals surface area contributed by atoms with Gasteiger partial charge < -0.3 is 19.5 Å². The summed E-state index contributed by atoms with van der Waals surface area (Å²) in [6.07, 6.45) is 3.07. The molecule has 31 heavy (non-hydrogen) atoms. The van der Waals surface area contributed by atoms with Gasteiger partial charge in [-0.3, -0.25) is 4.79 Å². The largest absolute Gasteiger partial charge is 0.492 e. The molecule has 5 heteroatoms. The number of hydrogen-bond donors (Lipinski definition) is 1. The minimum Gasteiger partial charge on any atom is -0.492 e.